The van der Waals surface area contributed by atoms with Crippen LogP contribution >= 0.6 is 0 Å². The molecule has 1 unspecified atom stereocenters. The number of nitrogens with one attached hydrogen (secondary N) is 1. The Balaban J connectivity index is 0.961. The van der Waals surface area contributed by atoms with Gasteiger partial charge in [-0.3, -0.25) is 44.0 Å². The lowest BCUT2D eigenvalue weighted by Gasteiger charge is -2.45. The number of carbonyl (C=O) groups is 5. The Labute approximate surface area is 267 Å². The molecule has 3 saturated heterocycles. The van der Waals surface area contributed by atoms with E-state index >= 15 is 0 Å². The Morgan fingerprint density at radius 2 is 1.30 bits per heavy atom. The van der Waals surface area contributed by atoms with Crippen LogP contribution in [-0.4, -0.2) is 100 Å². The number of benzene rings is 3. The number of hydrogen-bond donors (Lipinski definition) is 1. The minimum Gasteiger partial charge on any atom is -0.339 e. The van der Waals surface area contributed by atoms with Gasteiger partial charge in [-0.1, -0.05) is 60.7 Å². The minimum atomic E-state index is -1.03. The normalized spacial score (nSPS) is 21.5. The first kappa shape index (κ1) is 30.0. The molecule has 0 saturated carbocycles. The summed E-state index contributed by atoms with van der Waals surface area (Å²) >= 11 is 0. The molecule has 4 heterocycles. The minimum absolute atomic E-state index is 0.0566. The maximum absolute atomic E-state index is 13.5. The molecular weight excluding hydrogens is 582 g/mol. The van der Waals surface area contributed by atoms with Crippen molar-refractivity contribution in [3.8, 4) is 0 Å². The molecule has 1 atom stereocenters. The summed E-state index contributed by atoms with van der Waals surface area (Å²) in [6.45, 7) is 5.11. The van der Waals surface area contributed by atoms with Crippen LogP contribution in [0.4, 0.5) is 0 Å². The van der Waals surface area contributed by atoms with Gasteiger partial charge in [0.05, 0.1) is 17.2 Å². The number of piperidine rings is 2. The fraction of sp³-hybridized carbons (Fsp3) is 0.361. The van der Waals surface area contributed by atoms with Gasteiger partial charge >= 0.3 is 0 Å². The van der Waals surface area contributed by atoms with Gasteiger partial charge in [0, 0.05) is 57.3 Å². The number of nitrogens with zero attached hydrogens (tertiary/aromatic N) is 4. The highest BCUT2D eigenvalue weighted by Crippen LogP contribution is 2.32. The van der Waals surface area contributed by atoms with E-state index in [1.54, 1.807) is 6.07 Å². The Bertz CT molecular complexity index is 1620. The second-order valence-corrected chi connectivity index (χ2v) is 12.5. The smallest absolute Gasteiger partial charge is 0.262 e. The van der Waals surface area contributed by atoms with Gasteiger partial charge in [-0.05, 0) is 48.6 Å². The third kappa shape index (κ3) is 5.63. The Morgan fingerprint density at radius 1 is 0.696 bits per heavy atom. The van der Waals surface area contributed by atoms with Crippen molar-refractivity contribution in [2.45, 2.75) is 43.8 Å². The van der Waals surface area contributed by atoms with Crippen molar-refractivity contribution in [1.29, 1.82) is 0 Å². The standard InChI is InChI=1S/C36H37N5O5/c42-31-14-13-30(33(43)37-31)41-35(45)28-12-11-26(23-29(28)36(41)46)34(44)40-17-15-27(16-18-40)38-19-21-39(22-20-38)32(24-7-3-1-4-8-24)25-9-5-2-6-10-25/h1-12,23,27,30,32H,13-22H2,(H,37,42,43). The van der Waals surface area contributed by atoms with Gasteiger partial charge in [0.1, 0.15) is 6.04 Å². The molecule has 0 aromatic heterocycles. The monoisotopic (exact) mass is 619 g/mol. The summed E-state index contributed by atoms with van der Waals surface area (Å²) in [6, 6.07) is 25.5. The lowest BCUT2D eigenvalue weighted by molar-refractivity contribution is -0.136. The average molecular weight is 620 g/mol. The van der Waals surface area contributed by atoms with Gasteiger partial charge in [-0.2, -0.15) is 0 Å². The van der Waals surface area contributed by atoms with Crippen LogP contribution in [-0.2, 0) is 9.59 Å². The van der Waals surface area contributed by atoms with Gasteiger partial charge in [0.15, 0.2) is 0 Å². The number of likely N-dealkylation sites (tertiary alicyclic amines) is 1. The van der Waals surface area contributed by atoms with Gasteiger partial charge in [-0.15, -0.1) is 0 Å². The van der Waals surface area contributed by atoms with E-state index < -0.39 is 29.7 Å². The molecule has 5 amide bonds. The maximum Gasteiger partial charge on any atom is 0.262 e. The highest BCUT2D eigenvalue weighted by Gasteiger charge is 2.45. The number of amides is 5. The lowest BCUT2D eigenvalue weighted by atomic mass is 9.95. The third-order valence-electron chi connectivity index (χ3n) is 9.90. The van der Waals surface area contributed by atoms with Gasteiger partial charge in [-0.25, -0.2) is 0 Å². The molecule has 0 radical (unpaired) electrons. The van der Waals surface area contributed by atoms with E-state index in [-0.39, 0.29) is 35.9 Å². The van der Waals surface area contributed by atoms with E-state index in [0.29, 0.717) is 24.7 Å². The van der Waals surface area contributed by atoms with E-state index in [2.05, 4.69) is 75.8 Å². The zero-order chi connectivity index (χ0) is 31.8. The summed E-state index contributed by atoms with van der Waals surface area (Å²) in [5.74, 6) is -2.42. The average Bonchev–Trinajstić information content (AvgIpc) is 3.34. The van der Waals surface area contributed by atoms with Crippen molar-refractivity contribution in [3.05, 3.63) is 107 Å². The van der Waals surface area contributed by atoms with E-state index in [1.165, 1.54) is 23.3 Å². The molecule has 4 aliphatic rings. The highest BCUT2D eigenvalue weighted by atomic mass is 16.2. The van der Waals surface area contributed by atoms with Crippen LogP contribution in [0.5, 0.6) is 0 Å². The number of carbonyl (C=O) groups excluding carboxylic acids is 5. The first-order valence-electron chi connectivity index (χ1n) is 16.1. The van der Waals surface area contributed by atoms with Crippen LogP contribution in [0.1, 0.15) is 73.9 Å². The van der Waals surface area contributed by atoms with Crippen molar-refractivity contribution in [2.75, 3.05) is 39.3 Å². The van der Waals surface area contributed by atoms with Gasteiger partial charge in [0.25, 0.3) is 17.7 Å². The molecule has 0 bridgehead atoms. The molecule has 3 aromatic rings. The van der Waals surface area contributed by atoms with Crippen molar-refractivity contribution in [1.82, 2.24) is 24.9 Å². The van der Waals surface area contributed by atoms with Crippen LogP contribution in [0.25, 0.3) is 0 Å². The zero-order valence-electron chi connectivity index (χ0n) is 25.6. The lowest BCUT2D eigenvalue weighted by Crippen LogP contribution is -2.54. The Kier molecular flexibility index (Phi) is 8.23. The highest BCUT2D eigenvalue weighted by molar-refractivity contribution is 6.24. The fourth-order valence-electron chi connectivity index (χ4n) is 7.47. The SMILES string of the molecule is O=C1CCC(N2C(=O)c3ccc(C(=O)N4CCC(N5CCN(C(c6ccccc6)c6ccccc6)CC5)CC4)cc3C2=O)C(=O)N1. The van der Waals surface area contributed by atoms with Crippen molar-refractivity contribution in [3.63, 3.8) is 0 Å². The van der Waals surface area contributed by atoms with Crippen LogP contribution in [0.2, 0.25) is 0 Å². The second-order valence-electron chi connectivity index (χ2n) is 12.5. The zero-order valence-corrected chi connectivity index (χ0v) is 25.6. The summed E-state index contributed by atoms with van der Waals surface area (Å²) in [4.78, 5) is 71.6. The van der Waals surface area contributed by atoms with Gasteiger partial charge in [0.2, 0.25) is 11.8 Å². The number of hydrogen-bond acceptors (Lipinski definition) is 7. The van der Waals surface area contributed by atoms with E-state index in [9.17, 15) is 24.0 Å². The molecule has 0 aliphatic carbocycles. The molecule has 7 rings (SSSR count). The first-order valence-corrected chi connectivity index (χ1v) is 16.1. The summed E-state index contributed by atoms with van der Waals surface area (Å²) in [6.07, 6.45) is 1.89. The molecule has 1 N–H and O–H groups in total. The molecule has 0 spiro atoms. The number of rotatable bonds is 6. The van der Waals surface area contributed by atoms with Crippen LogP contribution in [0.3, 0.4) is 0 Å². The first-order chi connectivity index (χ1) is 22.4. The largest absolute Gasteiger partial charge is 0.339 e. The molecule has 10 nitrogen and oxygen atoms in total. The van der Waals surface area contributed by atoms with Crippen LogP contribution in [0, 0.1) is 0 Å². The second kappa shape index (κ2) is 12.6. The summed E-state index contributed by atoms with van der Waals surface area (Å²) in [5.41, 5.74) is 3.25. The third-order valence-corrected chi connectivity index (χ3v) is 9.90. The Morgan fingerprint density at radius 3 is 1.91 bits per heavy atom. The summed E-state index contributed by atoms with van der Waals surface area (Å²) in [7, 11) is 0. The summed E-state index contributed by atoms with van der Waals surface area (Å²) in [5, 5.41) is 2.20. The van der Waals surface area contributed by atoms with Gasteiger partial charge < -0.3 is 4.90 Å². The summed E-state index contributed by atoms with van der Waals surface area (Å²) < 4.78 is 0. The topological polar surface area (TPSA) is 110 Å². The predicted molar refractivity (Wildman–Crippen MR) is 170 cm³/mol. The fourth-order valence-corrected chi connectivity index (χ4v) is 7.47. The van der Waals surface area contributed by atoms with E-state index in [4.69, 9.17) is 0 Å². The van der Waals surface area contributed by atoms with Crippen molar-refractivity contribution < 1.29 is 24.0 Å². The molecular formula is C36H37N5O5. The molecule has 3 fully saturated rings. The molecule has 10 heteroatoms. The molecule has 3 aromatic carbocycles. The molecule has 4 aliphatic heterocycles. The quantitative estimate of drug-likeness (QED) is 0.423. The number of imide groups is 2. The van der Waals surface area contributed by atoms with E-state index in [0.717, 1.165) is 43.9 Å². The van der Waals surface area contributed by atoms with Crippen molar-refractivity contribution >= 4 is 29.5 Å². The molecule has 46 heavy (non-hydrogen) atoms. The predicted octanol–water partition coefficient (Wildman–Crippen LogP) is 3.10. The van der Waals surface area contributed by atoms with Crippen LogP contribution < -0.4 is 5.32 Å². The maximum atomic E-state index is 13.5. The van der Waals surface area contributed by atoms with Crippen LogP contribution in [0.15, 0.2) is 78.9 Å². The number of piperazine rings is 1. The number of fused-ring (bicyclic) bond motifs is 1. The Hall–Kier alpha value is -4.67. The molecule has 236 valence electrons. The van der Waals surface area contributed by atoms with Crippen molar-refractivity contribution in [2.24, 2.45) is 0 Å². The van der Waals surface area contributed by atoms with E-state index in [1.807, 2.05) is 4.90 Å².